The van der Waals surface area contributed by atoms with E-state index in [0.29, 0.717) is 26.7 Å². The molecular formula is C18H17FN2O3S. The van der Waals surface area contributed by atoms with Gasteiger partial charge in [0, 0.05) is 17.7 Å². The molecule has 0 aliphatic carbocycles. The third-order valence-electron chi connectivity index (χ3n) is 3.38. The molecule has 2 aromatic carbocycles. The first-order valence-electron chi connectivity index (χ1n) is 7.76. The fourth-order valence-electron chi connectivity index (χ4n) is 2.35. The zero-order valence-electron chi connectivity index (χ0n) is 13.7. The fourth-order valence-corrected chi connectivity index (χ4v) is 3.20. The number of phenolic OH excluding ortho intramolecular Hbond substituents is 1. The van der Waals surface area contributed by atoms with Crippen molar-refractivity contribution in [3.05, 3.63) is 47.8 Å². The van der Waals surface area contributed by atoms with Crippen LogP contribution in [0.25, 0.3) is 10.2 Å². The number of aromatic hydroxyl groups is 1. The monoisotopic (exact) mass is 360 g/mol. The van der Waals surface area contributed by atoms with Gasteiger partial charge in [-0.3, -0.25) is 4.79 Å². The Hall–Kier alpha value is -2.67. The number of nitrogens with one attached hydrogen (secondary N) is 1. The van der Waals surface area contributed by atoms with Gasteiger partial charge in [-0.15, -0.1) is 0 Å². The topological polar surface area (TPSA) is 71.5 Å². The summed E-state index contributed by atoms with van der Waals surface area (Å²) < 4.78 is 19.7. The maximum Gasteiger partial charge on any atom is 0.279 e. The molecule has 5 nitrogen and oxygen atoms in total. The third kappa shape index (κ3) is 4.24. The molecule has 2 N–H and O–H groups in total. The zero-order chi connectivity index (χ0) is 18.0. The third-order valence-corrected chi connectivity index (χ3v) is 4.28. The molecule has 1 heterocycles. The van der Waals surface area contributed by atoms with Crippen LogP contribution in [0.3, 0.4) is 0 Å². The molecule has 0 bridgehead atoms. The second kappa shape index (κ2) is 7.06. The van der Waals surface area contributed by atoms with Crippen molar-refractivity contribution in [1.29, 1.82) is 0 Å². The van der Waals surface area contributed by atoms with Crippen molar-refractivity contribution in [2.45, 2.75) is 26.3 Å². The largest absolute Gasteiger partial charge is 0.508 e. The van der Waals surface area contributed by atoms with Gasteiger partial charge in [-0.1, -0.05) is 17.4 Å². The number of thiazole rings is 1. The van der Waals surface area contributed by atoms with E-state index in [9.17, 15) is 14.3 Å². The van der Waals surface area contributed by atoms with E-state index in [4.69, 9.17) is 4.74 Å². The van der Waals surface area contributed by atoms with Crippen LogP contribution in [0, 0.1) is 5.82 Å². The minimum atomic E-state index is -0.342. The molecule has 0 radical (unpaired) electrons. The Morgan fingerprint density at radius 3 is 2.88 bits per heavy atom. The zero-order valence-corrected chi connectivity index (χ0v) is 14.6. The summed E-state index contributed by atoms with van der Waals surface area (Å²) in [4.78, 5) is 16.3. The lowest BCUT2D eigenvalue weighted by molar-refractivity contribution is -0.120. The van der Waals surface area contributed by atoms with Crippen LogP contribution in [0.5, 0.6) is 16.7 Å². The van der Waals surface area contributed by atoms with Crippen molar-refractivity contribution in [3.63, 3.8) is 0 Å². The Labute approximate surface area is 148 Å². The van der Waals surface area contributed by atoms with E-state index in [-0.39, 0.29) is 29.9 Å². The van der Waals surface area contributed by atoms with Crippen molar-refractivity contribution < 1.29 is 19.0 Å². The maximum absolute atomic E-state index is 13.3. The van der Waals surface area contributed by atoms with Gasteiger partial charge in [-0.2, -0.15) is 0 Å². The van der Waals surface area contributed by atoms with Gasteiger partial charge in [0.1, 0.15) is 17.3 Å². The molecule has 7 heteroatoms. The Kier molecular flexibility index (Phi) is 4.85. The smallest absolute Gasteiger partial charge is 0.279 e. The number of amides is 1. The SMILES string of the molecule is CC(C)NC(=O)Cc1ccc(O)cc1Oc1nc2ccc(F)cc2s1. The summed E-state index contributed by atoms with van der Waals surface area (Å²) >= 11 is 1.19. The number of fused-ring (bicyclic) bond motifs is 1. The Bertz CT molecular complexity index is 924. The minimum Gasteiger partial charge on any atom is -0.508 e. The second-order valence-electron chi connectivity index (χ2n) is 5.88. The van der Waals surface area contributed by atoms with Gasteiger partial charge in [0.25, 0.3) is 5.19 Å². The fraction of sp³-hybridized carbons (Fsp3) is 0.222. The highest BCUT2D eigenvalue weighted by molar-refractivity contribution is 7.20. The molecule has 0 atom stereocenters. The predicted octanol–water partition coefficient (Wildman–Crippen LogP) is 4.00. The van der Waals surface area contributed by atoms with Crippen molar-refractivity contribution in [1.82, 2.24) is 10.3 Å². The number of benzene rings is 2. The van der Waals surface area contributed by atoms with E-state index in [1.807, 2.05) is 13.8 Å². The Morgan fingerprint density at radius 2 is 2.12 bits per heavy atom. The summed E-state index contributed by atoms with van der Waals surface area (Å²) in [5.41, 5.74) is 1.25. The lowest BCUT2D eigenvalue weighted by Gasteiger charge is -2.11. The molecule has 0 saturated carbocycles. The Morgan fingerprint density at radius 1 is 1.32 bits per heavy atom. The number of phenols is 1. The number of hydrogen-bond donors (Lipinski definition) is 2. The van der Waals surface area contributed by atoms with Gasteiger partial charge >= 0.3 is 0 Å². The van der Waals surface area contributed by atoms with Crippen LogP contribution in [-0.2, 0) is 11.2 Å². The number of ether oxygens (including phenoxy) is 1. The van der Waals surface area contributed by atoms with E-state index >= 15 is 0 Å². The molecular weight excluding hydrogens is 343 g/mol. The first kappa shape index (κ1) is 17.2. The molecule has 1 amide bonds. The summed E-state index contributed by atoms with van der Waals surface area (Å²) in [6, 6.07) is 8.91. The maximum atomic E-state index is 13.3. The van der Waals surface area contributed by atoms with Crippen molar-refractivity contribution in [2.75, 3.05) is 0 Å². The highest BCUT2D eigenvalue weighted by Gasteiger charge is 2.14. The minimum absolute atomic E-state index is 0.0233. The number of carbonyl (C=O) groups is 1. The van der Waals surface area contributed by atoms with Crippen LogP contribution in [0.1, 0.15) is 19.4 Å². The lowest BCUT2D eigenvalue weighted by atomic mass is 10.1. The second-order valence-corrected chi connectivity index (χ2v) is 6.88. The summed E-state index contributed by atoms with van der Waals surface area (Å²) in [5.74, 6) is -0.114. The quantitative estimate of drug-likeness (QED) is 0.721. The molecule has 0 unspecified atom stereocenters. The number of aromatic nitrogens is 1. The summed E-state index contributed by atoms with van der Waals surface area (Å²) in [7, 11) is 0. The average molecular weight is 360 g/mol. The van der Waals surface area contributed by atoms with Gasteiger partial charge in [0.2, 0.25) is 5.91 Å². The van der Waals surface area contributed by atoms with Gasteiger partial charge in [0.15, 0.2) is 0 Å². The standard InChI is InChI=1S/C18H17FN2O3S/c1-10(2)20-17(23)7-11-3-5-13(22)9-15(11)24-18-21-14-6-4-12(19)8-16(14)25-18/h3-6,8-10,22H,7H2,1-2H3,(H,20,23). The van der Waals surface area contributed by atoms with Gasteiger partial charge in [-0.05, 0) is 38.1 Å². The molecule has 3 aromatic rings. The average Bonchev–Trinajstić information content (AvgIpc) is 2.90. The van der Waals surface area contributed by atoms with E-state index < -0.39 is 0 Å². The molecule has 0 fully saturated rings. The van der Waals surface area contributed by atoms with Crippen LogP contribution in [-0.4, -0.2) is 22.0 Å². The first-order valence-corrected chi connectivity index (χ1v) is 8.57. The van der Waals surface area contributed by atoms with Gasteiger partial charge in [-0.25, -0.2) is 9.37 Å². The molecule has 0 aliphatic heterocycles. The highest BCUT2D eigenvalue weighted by Crippen LogP contribution is 2.34. The van der Waals surface area contributed by atoms with Crippen molar-refractivity contribution in [3.8, 4) is 16.7 Å². The van der Waals surface area contributed by atoms with Crippen molar-refractivity contribution in [2.24, 2.45) is 0 Å². The number of nitrogens with zero attached hydrogens (tertiary/aromatic N) is 1. The summed E-state index contributed by atoms with van der Waals surface area (Å²) in [6.45, 7) is 3.76. The van der Waals surface area contributed by atoms with Crippen LogP contribution in [0.2, 0.25) is 0 Å². The highest BCUT2D eigenvalue weighted by atomic mass is 32.1. The first-order chi connectivity index (χ1) is 11.9. The molecule has 3 rings (SSSR count). The normalized spacial score (nSPS) is 11.0. The van der Waals surface area contributed by atoms with Gasteiger partial charge in [0.05, 0.1) is 16.6 Å². The summed E-state index contributed by atoms with van der Waals surface area (Å²) in [6.07, 6.45) is 0.118. The van der Waals surface area contributed by atoms with E-state index in [1.54, 1.807) is 12.1 Å². The van der Waals surface area contributed by atoms with Crippen LogP contribution in [0.4, 0.5) is 4.39 Å². The molecule has 0 aliphatic rings. The summed E-state index contributed by atoms with van der Waals surface area (Å²) in [5, 5.41) is 12.9. The van der Waals surface area contributed by atoms with E-state index in [1.165, 1.54) is 35.6 Å². The number of rotatable bonds is 5. The molecule has 0 saturated heterocycles. The van der Waals surface area contributed by atoms with Crippen molar-refractivity contribution >= 4 is 27.5 Å². The van der Waals surface area contributed by atoms with E-state index in [0.717, 1.165) is 0 Å². The molecule has 0 spiro atoms. The molecule has 25 heavy (non-hydrogen) atoms. The van der Waals surface area contributed by atoms with Crippen LogP contribution < -0.4 is 10.1 Å². The molecule has 130 valence electrons. The number of carbonyl (C=O) groups excluding carboxylic acids is 1. The molecule has 1 aromatic heterocycles. The van der Waals surface area contributed by atoms with Crippen LogP contribution in [0.15, 0.2) is 36.4 Å². The van der Waals surface area contributed by atoms with Gasteiger partial charge < -0.3 is 15.2 Å². The Balaban J connectivity index is 1.87. The van der Waals surface area contributed by atoms with Crippen LogP contribution >= 0.6 is 11.3 Å². The number of hydrogen-bond acceptors (Lipinski definition) is 5. The number of halogens is 1. The van der Waals surface area contributed by atoms with E-state index in [2.05, 4.69) is 10.3 Å². The lowest BCUT2D eigenvalue weighted by Crippen LogP contribution is -2.31. The predicted molar refractivity (Wildman–Crippen MR) is 94.7 cm³/mol.